The van der Waals surface area contributed by atoms with E-state index in [9.17, 15) is 14.7 Å². The van der Waals surface area contributed by atoms with Crippen LogP contribution in [0.2, 0.25) is 0 Å². The van der Waals surface area contributed by atoms with Gasteiger partial charge in [-0.2, -0.15) is 0 Å². The fourth-order valence-electron chi connectivity index (χ4n) is 3.65. The third-order valence-corrected chi connectivity index (χ3v) is 5.60. The van der Waals surface area contributed by atoms with E-state index in [2.05, 4.69) is 17.4 Å². The molecule has 0 saturated carbocycles. The fraction of sp³-hybridized carbons (Fsp3) is 0.333. The molecular formula is C24H27NO4. The summed E-state index contributed by atoms with van der Waals surface area (Å²) in [6.07, 6.45) is 0.244. The van der Waals surface area contributed by atoms with Crippen molar-refractivity contribution in [2.24, 2.45) is 0 Å². The molecule has 1 unspecified atom stereocenters. The number of rotatable bonds is 7. The molecule has 0 heterocycles. The van der Waals surface area contributed by atoms with Gasteiger partial charge in [-0.25, -0.2) is 9.59 Å². The Morgan fingerprint density at radius 1 is 1.00 bits per heavy atom. The lowest BCUT2D eigenvalue weighted by Crippen LogP contribution is -2.41. The lowest BCUT2D eigenvalue weighted by Gasteiger charge is -2.18. The van der Waals surface area contributed by atoms with Crippen LogP contribution < -0.4 is 5.32 Å². The zero-order chi connectivity index (χ0) is 21.0. The summed E-state index contributed by atoms with van der Waals surface area (Å²) in [7, 11) is 0. The summed E-state index contributed by atoms with van der Waals surface area (Å²) < 4.78 is 5.45. The summed E-state index contributed by atoms with van der Waals surface area (Å²) in [6, 6.07) is 15.2. The van der Waals surface area contributed by atoms with Crippen LogP contribution in [0.4, 0.5) is 4.79 Å². The molecule has 0 aromatic heterocycles. The van der Waals surface area contributed by atoms with Gasteiger partial charge in [0.2, 0.25) is 0 Å². The predicted octanol–water partition coefficient (Wildman–Crippen LogP) is 5.11. The molecule has 2 aromatic carbocycles. The number of carboxylic acid groups (broad SMARTS) is 1. The Bertz CT molecular complexity index is 898. The standard InChI is InChI=1S/C24H27NO4/c1-15(2)16(3)12-13-22(23(26)27)25-24(28)29-14-21-19-10-6-4-8-17(19)18-9-5-7-11-20(18)21/h4-11,21-22H,12-14H2,1-3H3,(H,25,28)(H,26,27). The maximum Gasteiger partial charge on any atom is 0.407 e. The highest BCUT2D eigenvalue weighted by Gasteiger charge is 2.29. The first-order valence-electron chi connectivity index (χ1n) is 9.85. The molecule has 2 N–H and O–H groups in total. The van der Waals surface area contributed by atoms with E-state index in [1.165, 1.54) is 0 Å². The van der Waals surface area contributed by atoms with Crippen molar-refractivity contribution in [2.45, 2.75) is 45.6 Å². The fourth-order valence-corrected chi connectivity index (χ4v) is 3.65. The molecule has 1 amide bonds. The van der Waals surface area contributed by atoms with Crippen LogP contribution in [0.25, 0.3) is 11.1 Å². The van der Waals surface area contributed by atoms with E-state index >= 15 is 0 Å². The Labute approximate surface area is 171 Å². The summed E-state index contributed by atoms with van der Waals surface area (Å²) in [5.74, 6) is -1.11. The number of benzene rings is 2. The van der Waals surface area contributed by atoms with Gasteiger partial charge >= 0.3 is 12.1 Å². The minimum Gasteiger partial charge on any atom is -0.480 e. The van der Waals surface area contributed by atoms with Crippen LogP contribution in [0.5, 0.6) is 0 Å². The molecule has 1 aliphatic carbocycles. The minimum absolute atomic E-state index is 0.0515. The van der Waals surface area contributed by atoms with Gasteiger partial charge in [0.05, 0.1) is 0 Å². The number of carbonyl (C=O) groups is 2. The number of carboxylic acids is 1. The number of nitrogens with one attached hydrogen (secondary N) is 1. The number of amides is 1. The highest BCUT2D eigenvalue weighted by molar-refractivity contribution is 5.81. The van der Waals surface area contributed by atoms with E-state index in [1.807, 2.05) is 57.2 Å². The summed E-state index contributed by atoms with van der Waals surface area (Å²) in [4.78, 5) is 23.8. The molecule has 1 atom stereocenters. The van der Waals surface area contributed by atoms with E-state index in [1.54, 1.807) is 0 Å². The van der Waals surface area contributed by atoms with Crippen LogP contribution in [0.1, 0.15) is 50.7 Å². The van der Waals surface area contributed by atoms with Gasteiger partial charge in [-0.15, -0.1) is 0 Å². The Morgan fingerprint density at radius 2 is 1.55 bits per heavy atom. The third-order valence-electron chi connectivity index (χ3n) is 5.60. The van der Waals surface area contributed by atoms with Crippen LogP contribution in [-0.2, 0) is 9.53 Å². The molecule has 2 aromatic rings. The Kier molecular flexibility index (Phi) is 6.37. The predicted molar refractivity (Wildman–Crippen MR) is 113 cm³/mol. The van der Waals surface area contributed by atoms with Crippen LogP contribution >= 0.6 is 0 Å². The second kappa shape index (κ2) is 8.95. The molecule has 0 fully saturated rings. The molecule has 5 nitrogen and oxygen atoms in total. The van der Waals surface area contributed by atoms with Gasteiger partial charge in [0.1, 0.15) is 12.6 Å². The highest BCUT2D eigenvalue weighted by Crippen LogP contribution is 2.44. The van der Waals surface area contributed by atoms with Crippen molar-refractivity contribution in [3.05, 3.63) is 70.8 Å². The van der Waals surface area contributed by atoms with Crippen molar-refractivity contribution >= 4 is 12.1 Å². The maximum absolute atomic E-state index is 12.3. The molecule has 3 rings (SSSR count). The summed E-state index contributed by atoms with van der Waals surface area (Å²) in [6.45, 7) is 6.12. The van der Waals surface area contributed by atoms with Gasteiger partial charge in [0.15, 0.2) is 0 Å². The highest BCUT2D eigenvalue weighted by atomic mass is 16.5. The molecule has 0 aliphatic heterocycles. The Hall–Kier alpha value is -3.08. The van der Waals surface area contributed by atoms with Gasteiger partial charge in [0, 0.05) is 5.92 Å². The average Bonchev–Trinajstić information content (AvgIpc) is 3.03. The molecule has 1 aliphatic rings. The summed E-state index contributed by atoms with van der Waals surface area (Å²) in [5.41, 5.74) is 6.84. The Morgan fingerprint density at radius 3 is 2.07 bits per heavy atom. The van der Waals surface area contributed by atoms with E-state index in [0.29, 0.717) is 12.8 Å². The average molecular weight is 393 g/mol. The van der Waals surface area contributed by atoms with Crippen molar-refractivity contribution in [1.82, 2.24) is 5.32 Å². The number of carbonyl (C=O) groups excluding carboxylic acids is 1. The number of fused-ring (bicyclic) bond motifs is 3. The monoisotopic (exact) mass is 393 g/mol. The number of ether oxygens (including phenoxy) is 1. The topological polar surface area (TPSA) is 75.6 Å². The van der Waals surface area contributed by atoms with Crippen molar-refractivity contribution in [2.75, 3.05) is 6.61 Å². The zero-order valence-electron chi connectivity index (χ0n) is 17.1. The number of alkyl carbamates (subject to hydrolysis) is 1. The molecule has 0 bridgehead atoms. The van der Waals surface area contributed by atoms with Crippen molar-refractivity contribution in [3.8, 4) is 11.1 Å². The van der Waals surface area contributed by atoms with E-state index in [-0.39, 0.29) is 12.5 Å². The van der Waals surface area contributed by atoms with Crippen LogP contribution in [0.15, 0.2) is 59.7 Å². The molecule has 0 saturated heterocycles. The zero-order valence-corrected chi connectivity index (χ0v) is 17.1. The second-order valence-electron chi connectivity index (χ2n) is 7.68. The number of allylic oxidation sites excluding steroid dienone is 2. The number of hydrogen-bond acceptors (Lipinski definition) is 3. The van der Waals surface area contributed by atoms with E-state index < -0.39 is 18.1 Å². The smallest absolute Gasteiger partial charge is 0.407 e. The maximum atomic E-state index is 12.3. The van der Waals surface area contributed by atoms with Crippen LogP contribution in [0.3, 0.4) is 0 Å². The summed E-state index contributed by atoms with van der Waals surface area (Å²) in [5, 5.41) is 11.9. The van der Waals surface area contributed by atoms with Crippen molar-refractivity contribution < 1.29 is 19.4 Å². The first-order chi connectivity index (χ1) is 13.9. The number of hydrogen-bond donors (Lipinski definition) is 2. The lowest BCUT2D eigenvalue weighted by atomic mass is 9.98. The largest absolute Gasteiger partial charge is 0.480 e. The van der Waals surface area contributed by atoms with Gasteiger partial charge in [0.25, 0.3) is 0 Å². The first kappa shape index (κ1) is 20.6. The third kappa shape index (κ3) is 4.67. The normalized spacial score (nSPS) is 13.2. The van der Waals surface area contributed by atoms with Gasteiger partial charge < -0.3 is 15.2 Å². The molecule has 152 valence electrons. The van der Waals surface area contributed by atoms with Gasteiger partial charge in [-0.1, -0.05) is 59.7 Å². The second-order valence-corrected chi connectivity index (χ2v) is 7.68. The van der Waals surface area contributed by atoms with Crippen LogP contribution in [-0.4, -0.2) is 29.8 Å². The van der Waals surface area contributed by atoms with E-state index in [4.69, 9.17) is 4.74 Å². The minimum atomic E-state index is -1.06. The lowest BCUT2D eigenvalue weighted by molar-refractivity contribution is -0.139. The summed E-state index contributed by atoms with van der Waals surface area (Å²) >= 11 is 0. The molecular weight excluding hydrogens is 366 g/mol. The number of aliphatic carboxylic acids is 1. The van der Waals surface area contributed by atoms with Gasteiger partial charge in [-0.3, -0.25) is 0 Å². The molecule has 5 heteroatoms. The molecule has 29 heavy (non-hydrogen) atoms. The molecule has 0 spiro atoms. The quantitative estimate of drug-likeness (QED) is 0.641. The molecule has 0 radical (unpaired) electrons. The van der Waals surface area contributed by atoms with Crippen LogP contribution in [0, 0.1) is 0 Å². The van der Waals surface area contributed by atoms with Crippen molar-refractivity contribution in [1.29, 1.82) is 0 Å². The van der Waals surface area contributed by atoms with E-state index in [0.717, 1.165) is 33.4 Å². The Balaban J connectivity index is 1.64. The van der Waals surface area contributed by atoms with Crippen molar-refractivity contribution in [3.63, 3.8) is 0 Å². The SMILES string of the molecule is CC(C)=C(C)CCC(NC(=O)OCC1c2ccccc2-c2ccccc21)C(=O)O. The van der Waals surface area contributed by atoms with Gasteiger partial charge in [-0.05, 0) is 55.9 Å². The first-order valence-corrected chi connectivity index (χ1v) is 9.85.